The van der Waals surface area contributed by atoms with Crippen molar-refractivity contribution in [2.45, 2.75) is 68.7 Å². The van der Waals surface area contributed by atoms with Crippen molar-refractivity contribution in [3.8, 4) is 11.4 Å². The van der Waals surface area contributed by atoms with E-state index >= 15 is 0 Å². The van der Waals surface area contributed by atoms with Crippen LogP contribution in [0.15, 0.2) is 41.3 Å². The summed E-state index contributed by atoms with van der Waals surface area (Å²) < 4.78 is 25.9. The molecule has 208 valence electrons. The van der Waals surface area contributed by atoms with E-state index in [0.717, 1.165) is 34.4 Å². The van der Waals surface area contributed by atoms with Gasteiger partial charge in [0.2, 0.25) is 0 Å². The van der Waals surface area contributed by atoms with Crippen LogP contribution in [0.2, 0.25) is 0 Å². The monoisotopic (exact) mass is 546 g/mol. The predicted octanol–water partition coefficient (Wildman–Crippen LogP) is 5.40. The first kappa shape index (κ1) is 25.7. The van der Waals surface area contributed by atoms with E-state index < -0.39 is 9.84 Å². The Morgan fingerprint density at radius 1 is 1.00 bits per heavy atom. The van der Waals surface area contributed by atoms with Crippen molar-refractivity contribution in [2.75, 3.05) is 39.0 Å². The number of aryl methyl sites for hydroxylation is 2. The van der Waals surface area contributed by atoms with Crippen molar-refractivity contribution < 1.29 is 8.42 Å². The van der Waals surface area contributed by atoms with Crippen molar-refractivity contribution in [3.05, 3.63) is 47.5 Å². The molecule has 0 atom stereocenters. The largest absolute Gasteiger partial charge is 0.327 e. The quantitative estimate of drug-likeness (QED) is 0.415. The Labute approximate surface area is 233 Å². The SMILES string of the molecule is Cc1cc(C2CCN(C3CC4(C3)CN(CC3CCC3)C4)CC2)cc2c1nc(-c1ccc(S(C)(=O)=O)cc1)n2C. The number of hydrogen-bond donors (Lipinski definition) is 0. The highest BCUT2D eigenvalue weighted by Gasteiger charge is 2.53. The van der Waals surface area contributed by atoms with Gasteiger partial charge in [0.05, 0.1) is 15.9 Å². The standard InChI is InChI=1S/C32H42N4O2S/c1-22-15-26(16-29-30(22)33-31(34(29)2)25-7-9-28(10-8-25)39(3,37)38)24-11-13-36(14-12-24)27-17-32(18-27)20-35(21-32)19-23-5-4-6-23/h7-10,15-16,23-24,27H,4-6,11-14,17-21H2,1-3H3. The molecule has 1 spiro atoms. The van der Waals surface area contributed by atoms with Crippen LogP contribution in [0.5, 0.6) is 0 Å². The lowest BCUT2D eigenvalue weighted by Gasteiger charge is -2.62. The molecule has 3 heterocycles. The third-order valence-electron chi connectivity index (χ3n) is 10.5. The highest BCUT2D eigenvalue weighted by Crippen LogP contribution is 2.51. The van der Waals surface area contributed by atoms with Crippen LogP contribution < -0.4 is 0 Å². The van der Waals surface area contributed by atoms with E-state index in [-0.39, 0.29) is 0 Å². The molecule has 4 fully saturated rings. The molecule has 1 aromatic heterocycles. The first-order valence-corrected chi connectivity index (χ1v) is 16.8. The highest BCUT2D eigenvalue weighted by atomic mass is 32.2. The summed E-state index contributed by atoms with van der Waals surface area (Å²) in [5, 5.41) is 0. The first-order chi connectivity index (χ1) is 18.7. The molecule has 2 aromatic carbocycles. The molecule has 0 unspecified atom stereocenters. The summed E-state index contributed by atoms with van der Waals surface area (Å²) in [6, 6.07) is 12.6. The maximum atomic E-state index is 11.9. The number of imidazole rings is 1. The lowest BCUT2D eigenvalue weighted by molar-refractivity contribution is -0.119. The zero-order valence-electron chi connectivity index (χ0n) is 23.7. The van der Waals surface area contributed by atoms with Crippen molar-refractivity contribution >= 4 is 20.9 Å². The minimum atomic E-state index is -3.21. The van der Waals surface area contributed by atoms with Gasteiger partial charge in [0.15, 0.2) is 9.84 Å². The molecular weight excluding hydrogens is 504 g/mol. The van der Waals surface area contributed by atoms with Crippen molar-refractivity contribution in [2.24, 2.45) is 18.4 Å². The average molecular weight is 547 g/mol. The fraction of sp³-hybridized carbons (Fsp3) is 0.594. The Hall–Kier alpha value is -2.22. The number of nitrogens with zero attached hydrogens (tertiary/aromatic N) is 4. The molecule has 0 N–H and O–H groups in total. The van der Waals surface area contributed by atoms with Gasteiger partial charge >= 0.3 is 0 Å². The average Bonchev–Trinajstić information content (AvgIpc) is 3.18. The molecule has 39 heavy (non-hydrogen) atoms. The van der Waals surface area contributed by atoms with Gasteiger partial charge in [-0.15, -0.1) is 0 Å². The molecule has 2 saturated carbocycles. The van der Waals surface area contributed by atoms with E-state index in [2.05, 4.69) is 40.5 Å². The lowest BCUT2D eigenvalue weighted by Crippen LogP contribution is -2.67. The van der Waals surface area contributed by atoms with Gasteiger partial charge in [-0.3, -0.25) is 0 Å². The number of rotatable bonds is 6. The van der Waals surface area contributed by atoms with Crippen LogP contribution in [-0.4, -0.2) is 72.8 Å². The third kappa shape index (κ3) is 4.64. The molecule has 2 aliphatic heterocycles. The van der Waals surface area contributed by atoms with E-state index in [4.69, 9.17) is 4.98 Å². The summed E-state index contributed by atoms with van der Waals surface area (Å²) in [4.78, 5) is 10.8. The smallest absolute Gasteiger partial charge is 0.175 e. The molecule has 6 nitrogen and oxygen atoms in total. The van der Waals surface area contributed by atoms with Crippen LogP contribution in [0.3, 0.4) is 0 Å². The maximum Gasteiger partial charge on any atom is 0.175 e. The minimum absolute atomic E-state index is 0.338. The zero-order valence-corrected chi connectivity index (χ0v) is 24.5. The van der Waals surface area contributed by atoms with Crippen molar-refractivity contribution in [1.82, 2.24) is 19.4 Å². The van der Waals surface area contributed by atoms with Gasteiger partial charge in [-0.05, 0) is 117 Å². The second kappa shape index (κ2) is 9.42. The number of piperidine rings is 1. The van der Waals surface area contributed by atoms with Crippen molar-refractivity contribution in [1.29, 1.82) is 0 Å². The third-order valence-corrected chi connectivity index (χ3v) is 11.6. The van der Waals surface area contributed by atoms with Crippen molar-refractivity contribution in [3.63, 3.8) is 0 Å². The molecule has 3 aromatic rings. The van der Waals surface area contributed by atoms with E-state index in [9.17, 15) is 8.42 Å². The predicted molar refractivity (Wildman–Crippen MR) is 157 cm³/mol. The number of benzene rings is 2. The van der Waals surface area contributed by atoms with Crippen LogP contribution in [0.25, 0.3) is 22.4 Å². The van der Waals surface area contributed by atoms with E-state index in [1.54, 1.807) is 12.1 Å². The zero-order chi connectivity index (χ0) is 26.9. The van der Waals surface area contributed by atoms with Gasteiger partial charge in [0.25, 0.3) is 0 Å². The second-order valence-corrected chi connectivity index (χ2v) is 15.4. The molecule has 2 saturated heterocycles. The molecule has 7 rings (SSSR count). The van der Waals surface area contributed by atoms with E-state index in [1.807, 2.05) is 12.1 Å². The van der Waals surface area contributed by atoms with Gasteiger partial charge in [-0.1, -0.05) is 12.5 Å². The summed E-state index contributed by atoms with van der Waals surface area (Å²) in [6.07, 6.45) is 11.0. The molecule has 0 amide bonds. The molecule has 0 radical (unpaired) electrons. The number of hydrogen-bond acceptors (Lipinski definition) is 5. The van der Waals surface area contributed by atoms with Crippen LogP contribution in [0.1, 0.15) is 62.0 Å². The fourth-order valence-corrected chi connectivity index (χ4v) is 8.59. The van der Waals surface area contributed by atoms with Gasteiger partial charge in [-0.25, -0.2) is 13.4 Å². The summed E-state index contributed by atoms with van der Waals surface area (Å²) in [5.74, 6) is 2.49. The maximum absolute atomic E-state index is 11.9. The molecule has 0 bridgehead atoms. The highest BCUT2D eigenvalue weighted by molar-refractivity contribution is 7.90. The van der Waals surface area contributed by atoms with Crippen LogP contribution in [0.4, 0.5) is 0 Å². The molecular formula is C32H42N4O2S. The van der Waals surface area contributed by atoms with E-state index in [1.165, 1.54) is 95.1 Å². The van der Waals surface area contributed by atoms with Crippen LogP contribution in [-0.2, 0) is 16.9 Å². The van der Waals surface area contributed by atoms with Gasteiger partial charge in [-0.2, -0.15) is 0 Å². The number of aromatic nitrogens is 2. The summed E-state index contributed by atoms with van der Waals surface area (Å²) >= 11 is 0. The summed E-state index contributed by atoms with van der Waals surface area (Å²) in [5.41, 5.74) is 6.45. The van der Waals surface area contributed by atoms with Gasteiger partial charge in [0.1, 0.15) is 5.82 Å². The van der Waals surface area contributed by atoms with Gasteiger partial charge in [0, 0.05) is 44.5 Å². The first-order valence-electron chi connectivity index (χ1n) is 14.9. The summed E-state index contributed by atoms with van der Waals surface area (Å²) in [7, 11) is -1.14. The number of fused-ring (bicyclic) bond motifs is 1. The number of sulfone groups is 1. The molecule has 7 heteroatoms. The number of likely N-dealkylation sites (tertiary alicyclic amines) is 2. The van der Waals surface area contributed by atoms with Crippen LogP contribution >= 0.6 is 0 Å². The Morgan fingerprint density at radius 2 is 1.69 bits per heavy atom. The normalized spacial score (nSPS) is 23.2. The Kier molecular flexibility index (Phi) is 6.22. The van der Waals surface area contributed by atoms with Crippen LogP contribution in [0, 0.1) is 18.3 Å². The lowest BCUT2D eigenvalue weighted by atomic mass is 9.59. The van der Waals surface area contributed by atoms with E-state index in [0.29, 0.717) is 16.2 Å². The second-order valence-electron chi connectivity index (χ2n) is 13.3. The Morgan fingerprint density at radius 3 is 2.31 bits per heavy atom. The fourth-order valence-electron chi connectivity index (χ4n) is 7.96. The Bertz CT molecular complexity index is 1480. The topological polar surface area (TPSA) is 58.4 Å². The minimum Gasteiger partial charge on any atom is -0.327 e. The molecule has 4 aliphatic rings. The van der Waals surface area contributed by atoms with Gasteiger partial charge < -0.3 is 14.4 Å². The molecule has 2 aliphatic carbocycles. The summed E-state index contributed by atoms with van der Waals surface area (Å²) in [6.45, 7) is 8.71. The Balaban J connectivity index is 0.996.